The number of piperidine rings is 1. The molecule has 0 aromatic heterocycles. The Morgan fingerprint density at radius 1 is 1.44 bits per heavy atom. The molecule has 94 valence electrons. The number of hydrogen-bond acceptors (Lipinski definition) is 2. The number of carbonyl (C=O) groups is 1. The number of hydrogen-bond donors (Lipinski definition) is 1. The summed E-state index contributed by atoms with van der Waals surface area (Å²) in [7, 11) is 0. The second-order valence-electron chi connectivity index (χ2n) is 4.94. The van der Waals surface area contributed by atoms with Crippen molar-refractivity contribution < 1.29 is 4.79 Å². The molecule has 0 aromatic carbocycles. The maximum Gasteiger partial charge on any atom is 0.228 e. The van der Waals surface area contributed by atoms with Crippen LogP contribution in [0.2, 0.25) is 0 Å². The Hall–Kier alpha value is -0.280. The van der Waals surface area contributed by atoms with E-state index in [4.69, 9.17) is 0 Å². The summed E-state index contributed by atoms with van der Waals surface area (Å²) < 4.78 is 0. The van der Waals surface area contributed by atoms with E-state index in [1.807, 2.05) is 0 Å². The quantitative estimate of drug-likeness (QED) is 0.822. The van der Waals surface area contributed by atoms with E-state index in [2.05, 4.69) is 17.1 Å². The molecule has 4 heteroatoms. The minimum atomic E-state index is 0. The number of amides is 1. The Labute approximate surface area is 104 Å². The number of nitrogens with one attached hydrogen (secondary N) is 1. The Morgan fingerprint density at radius 3 is 2.75 bits per heavy atom. The van der Waals surface area contributed by atoms with Crippen molar-refractivity contribution in [3.05, 3.63) is 0 Å². The van der Waals surface area contributed by atoms with Crippen LogP contribution in [0, 0.1) is 11.8 Å². The zero-order valence-corrected chi connectivity index (χ0v) is 10.9. The highest BCUT2D eigenvalue weighted by Crippen LogP contribution is 2.22. The van der Waals surface area contributed by atoms with Gasteiger partial charge in [-0.15, -0.1) is 12.4 Å². The van der Waals surface area contributed by atoms with Crippen LogP contribution >= 0.6 is 12.4 Å². The molecular formula is C12H23ClN2O. The molecule has 2 saturated heterocycles. The molecule has 1 atom stereocenters. The van der Waals surface area contributed by atoms with Crippen LogP contribution in [0.3, 0.4) is 0 Å². The van der Waals surface area contributed by atoms with Gasteiger partial charge in [-0.3, -0.25) is 4.79 Å². The van der Waals surface area contributed by atoms with E-state index >= 15 is 0 Å². The number of halogens is 1. The summed E-state index contributed by atoms with van der Waals surface area (Å²) in [6, 6.07) is 0. The SMILES string of the molecule is CCCC1CCCN(C(=O)C2CNC2)C1.Cl. The van der Waals surface area contributed by atoms with E-state index in [0.29, 0.717) is 5.91 Å². The van der Waals surface area contributed by atoms with Gasteiger partial charge in [0.25, 0.3) is 0 Å². The lowest BCUT2D eigenvalue weighted by Gasteiger charge is -2.37. The maximum atomic E-state index is 12.0. The van der Waals surface area contributed by atoms with Crippen molar-refractivity contribution in [2.45, 2.75) is 32.6 Å². The Bertz CT molecular complexity index is 229. The monoisotopic (exact) mass is 246 g/mol. The molecule has 0 spiro atoms. The van der Waals surface area contributed by atoms with E-state index < -0.39 is 0 Å². The third-order valence-corrected chi connectivity index (χ3v) is 3.66. The molecule has 1 unspecified atom stereocenters. The average molecular weight is 247 g/mol. The molecule has 0 aromatic rings. The molecule has 1 N–H and O–H groups in total. The predicted molar refractivity (Wildman–Crippen MR) is 67.8 cm³/mol. The van der Waals surface area contributed by atoms with Crippen LogP contribution in [-0.4, -0.2) is 37.0 Å². The highest BCUT2D eigenvalue weighted by Gasteiger charge is 2.31. The summed E-state index contributed by atoms with van der Waals surface area (Å²) in [6.45, 7) is 6.04. The van der Waals surface area contributed by atoms with Gasteiger partial charge in [-0.05, 0) is 25.2 Å². The summed E-state index contributed by atoms with van der Waals surface area (Å²) in [5, 5.41) is 3.17. The standard InChI is InChI=1S/C12H22N2O.ClH/c1-2-4-10-5-3-6-14(9-10)12(15)11-7-13-8-11;/h10-11,13H,2-9H2,1H3;1H. The Kier molecular flexibility index (Phi) is 5.56. The molecule has 0 saturated carbocycles. The molecule has 2 fully saturated rings. The third-order valence-electron chi connectivity index (χ3n) is 3.66. The van der Waals surface area contributed by atoms with Gasteiger partial charge in [0.15, 0.2) is 0 Å². The van der Waals surface area contributed by atoms with Crippen LogP contribution in [0.1, 0.15) is 32.6 Å². The van der Waals surface area contributed by atoms with Crippen LogP contribution in [0.15, 0.2) is 0 Å². The number of likely N-dealkylation sites (tertiary alicyclic amines) is 1. The lowest BCUT2D eigenvalue weighted by molar-refractivity contribution is -0.139. The molecule has 0 aliphatic carbocycles. The van der Waals surface area contributed by atoms with E-state index in [9.17, 15) is 4.79 Å². The minimum absolute atomic E-state index is 0. The van der Waals surface area contributed by atoms with Gasteiger partial charge < -0.3 is 10.2 Å². The van der Waals surface area contributed by atoms with Gasteiger partial charge >= 0.3 is 0 Å². The molecule has 16 heavy (non-hydrogen) atoms. The average Bonchev–Trinajstić information content (AvgIpc) is 2.16. The highest BCUT2D eigenvalue weighted by molar-refractivity contribution is 5.85. The summed E-state index contributed by atoms with van der Waals surface area (Å²) >= 11 is 0. The first kappa shape index (κ1) is 13.8. The fourth-order valence-corrected chi connectivity index (χ4v) is 2.63. The molecule has 1 amide bonds. The van der Waals surface area contributed by atoms with Crippen molar-refractivity contribution in [2.24, 2.45) is 11.8 Å². The molecule has 2 aliphatic heterocycles. The van der Waals surface area contributed by atoms with E-state index in [1.54, 1.807) is 0 Å². The molecule has 3 nitrogen and oxygen atoms in total. The second-order valence-corrected chi connectivity index (χ2v) is 4.94. The summed E-state index contributed by atoms with van der Waals surface area (Å²) in [6.07, 6.45) is 5.06. The molecule has 0 radical (unpaired) electrons. The normalized spacial score (nSPS) is 25.8. The highest BCUT2D eigenvalue weighted by atomic mass is 35.5. The molecule has 2 heterocycles. The largest absolute Gasteiger partial charge is 0.342 e. The molecule has 2 rings (SSSR count). The van der Waals surface area contributed by atoms with Crippen LogP contribution in [0.5, 0.6) is 0 Å². The van der Waals surface area contributed by atoms with Crippen molar-refractivity contribution in [2.75, 3.05) is 26.2 Å². The van der Waals surface area contributed by atoms with Crippen LogP contribution in [0.25, 0.3) is 0 Å². The molecule has 0 bridgehead atoms. The first-order chi connectivity index (χ1) is 7.31. The third kappa shape index (κ3) is 3.11. The van der Waals surface area contributed by atoms with Gasteiger partial charge in [0, 0.05) is 26.2 Å². The van der Waals surface area contributed by atoms with Crippen molar-refractivity contribution in [1.82, 2.24) is 10.2 Å². The predicted octanol–water partition coefficient (Wildman–Crippen LogP) is 1.67. The Morgan fingerprint density at radius 2 is 2.19 bits per heavy atom. The lowest BCUT2D eigenvalue weighted by Crippen LogP contribution is -2.53. The van der Waals surface area contributed by atoms with Gasteiger partial charge in [-0.1, -0.05) is 13.3 Å². The van der Waals surface area contributed by atoms with Crippen LogP contribution in [-0.2, 0) is 4.79 Å². The van der Waals surface area contributed by atoms with Gasteiger partial charge in [-0.25, -0.2) is 0 Å². The number of carbonyl (C=O) groups excluding carboxylic acids is 1. The molecule has 2 aliphatic rings. The van der Waals surface area contributed by atoms with Crippen LogP contribution in [0.4, 0.5) is 0 Å². The van der Waals surface area contributed by atoms with Gasteiger partial charge in [0.2, 0.25) is 5.91 Å². The fraction of sp³-hybridized carbons (Fsp3) is 0.917. The van der Waals surface area contributed by atoms with E-state index in [1.165, 1.54) is 25.7 Å². The van der Waals surface area contributed by atoms with Gasteiger partial charge in [-0.2, -0.15) is 0 Å². The fourth-order valence-electron chi connectivity index (χ4n) is 2.63. The lowest BCUT2D eigenvalue weighted by atomic mass is 9.92. The zero-order chi connectivity index (χ0) is 10.7. The smallest absolute Gasteiger partial charge is 0.228 e. The van der Waals surface area contributed by atoms with Crippen molar-refractivity contribution in [3.63, 3.8) is 0 Å². The van der Waals surface area contributed by atoms with Crippen molar-refractivity contribution in [1.29, 1.82) is 0 Å². The summed E-state index contributed by atoms with van der Waals surface area (Å²) in [4.78, 5) is 14.1. The first-order valence-electron chi connectivity index (χ1n) is 6.30. The van der Waals surface area contributed by atoms with Gasteiger partial charge in [0.05, 0.1) is 5.92 Å². The minimum Gasteiger partial charge on any atom is -0.342 e. The zero-order valence-electron chi connectivity index (χ0n) is 10.1. The first-order valence-corrected chi connectivity index (χ1v) is 6.30. The number of nitrogens with zero attached hydrogens (tertiary/aromatic N) is 1. The van der Waals surface area contributed by atoms with Crippen LogP contribution < -0.4 is 5.32 Å². The summed E-state index contributed by atoms with van der Waals surface area (Å²) in [5.41, 5.74) is 0. The maximum absolute atomic E-state index is 12.0. The topological polar surface area (TPSA) is 32.3 Å². The van der Waals surface area contributed by atoms with Crippen molar-refractivity contribution in [3.8, 4) is 0 Å². The van der Waals surface area contributed by atoms with Crippen molar-refractivity contribution >= 4 is 18.3 Å². The van der Waals surface area contributed by atoms with E-state index in [-0.39, 0.29) is 18.3 Å². The number of rotatable bonds is 3. The second kappa shape index (κ2) is 6.45. The summed E-state index contributed by atoms with van der Waals surface area (Å²) in [5.74, 6) is 1.45. The van der Waals surface area contributed by atoms with Gasteiger partial charge in [0.1, 0.15) is 0 Å². The van der Waals surface area contributed by atoms with E-state index in [0.717, 1.165) is 32.1 Å². The Balaban J connectivity index is 0.00000128. The molecular weight excluding hydrogens is 224 g/mol.